The maximum Gasteiger partial charge on any atom is 0.431 e. The Hall–Kier alpha value is -1.65. The molecule has 5 heteroatoms. The van der Waals surface area contributed by atoms with Crippen LogP contribution < -0.4 is 4.74 Å². The zero-order chi connectivity index (χ0) is 11.9. The summed E-state index contributed by atoms with van der Waals surface area (Å²) in [6, 6.07) is 4.48. The van der Waals surface area contributed by atoms with Crippen molar-refractivity contribution in [2.75, 3.05) is 7.11 Å². The summed E-state index contributed by atoms with van der Waals surface area (Å²) in [6.07, 6.45) is -4.36. The van der Waals surface area contributed by atoms with Crippen molar-refractivity contribution in [1.29, 1.82) is 0 Å². The van der Waals surface area contributed by atoms with Gasteiger partial charge in [-0.1, -0.05) is 6.07 Å². The van der Waals surface area contributed by atoms with Gasteiger partial charge < -0.3 is 9.72 Å². The van der Waals surface area contributed by atoms with Crippen molar-refractivity contribution in [3.05, 3.63) is 29.5 Å². The van der Waals surface area contributed by atoms with Crippen molar-refractivity contribution in [2.45, 2.75) is 13.1 Å². The molecule has 0 saturated carbocycles. The van der Waals surface area contributed by atoms with Crippen LogP contribution in [0.3, 0.4) is 0 Å². The Morgan fingerprint density at radius 1 is 1.25 bits per heavy atom. The van der Waals surface area contributed by atoms with Crippen LogP contribution >= 0.6 is 0 Å². The third-order valence-electron chi connectivity index (χ3n) is 2.50. The molecule has 0 atom stereocenters. The van der Waals surface area contributed by atoms with Gasteiger partial charge in [-0.25, -0.2) is 0 Å². The number of fused-ring (bicyclic) bond motifs is 1. The number of aryl methyl sites for hydroxylation is 1. The first-order valence-electron chi connectivity index (χ1n) is 4.67. The number of rotatable bonds is 1. The van der Waals surface area contributed by atoms with E-state index in [0.717, 1.165) is 11.6 Å². The summed E-state index contributed by atoms with van der Waals surface area (Å²) in [6.45, 7) is 1.76. The summed E-state index contributed by atoms with van der Waals surface area (Å²) in [5.74, 6) is 0.413. The Kier molecular flexibility index (Phi) is 2.33. The van der Waals surface area contributed by atoms with E-state index in [1.807, 2.05) is 0 Å². The molecule has 0 saturated heterocycles. The first-order valence-corrected chi connectivity index (χ1v) is 4.67. The van der Waals surface area contributed by atoms with Gasteiger partial charge in [0.1, 0.15) is 11.4 Å². The number of ether oxygens (including phenoxy) is 1. The average molecular weight is 229 g/mol. The molecule has 2 nitrogen and oxygen atoms in total. The fraction of sp³-hybridized carbons (Fsp3) is 0.273. The Bertz CT molecular complexity index is 528. The molecule has 1 N–H and O–H groups in total. The molecule has 0 amide bonds. The van der Waals surface area contributed by atoms with E-state index >= 15 is 0 Å². The third-order valence-corrected chi connectivity index (χ3v) is 2.50. The molecule has 1 aromatic carbocycles. The van der Waals surface area contributed by atoms with Crippen molar-refractivity contribution in [3.63, 3.8) is 0 Å². The van der Waals surface area contributed by atoms with Crippen LogP contribution in [0.5, 0.6) is 5.75 Å². The van der Waals surface area contributed by atoms with Gasteiger partial charge in [-0.05, 0) is 24.6 Å². The highest BCUT2D eigenvalue weighted by molar-refractivity contribution is 5.89. The van der Waals surface area contributed by atoms with Gasteiger partial charge >= 0.3 is 6.18 Å². The molecule has 1 heterocycles. The summed E-state index contributed by atoms with van der Waals surface area (Å²) in [7, 11) is 1.43. The molecular weight excluding hydrogens is 219 g/mol. The van der Waals surface area contributed by atoms with Crippen LogP contribution in [0.25, 0.3) is 10.9 Å². The van der Waals surface area contributed by atoms with E-state index in [2.05, 4.69) is 4.98 Å². The first-order chi connectivity index (χ1) is 7.43. The molecule has 0 aliphatic rings. The SMILES string of the molecule is COc1ccc(C)c2cc(C(F)(F)F)[nH]c12. The molecular formula is C11H10F3NO. The van der Waals surface area contributed by atoms with Gasteiger partial charge in [0.2, 0.25) is 0 Å². The van der Waals surface area contributed by atoms with Crippen molar-refractivity contribution in [1.82, 2.24) is 4.98 Å². The second-order valence-electron chi connectivity index (χ2n) is 3.55. The molecule has 0 aliphatic carbocycles. The van der Waals surface area contributed by atoms with Gasteiger partial charge in [-0.2, -0.15) is 13.2 Å². The number of nitrogens with one attached hydrogen (secondary N) is 1. The molecule has 86 valence electrons. The Balaban J connectivity index is 2.73. The lowest BCUT2D eigenvalue weighted by Gasteiger charge is -2.03. The Labute approximate surface area is 90.0 Å². The number of alkyl halides is 3. The summed E-state index contributed by atoms with van der Waals surface area (Å²) in [5, 5.41) is 0.534. The van der Waals surface area contributed by atoms with Crippen LogP contribution in [0.1, 0.15) is 11.3 Å². The van der Waals surface area contributed by atoms with E-state index in [1.54, 1.807) is 19.1 Å². The highest BCUT2D eigenvalue weighted by Crippen LogP contribution is 2.35. The molecule has 16 heavy (non-hydrogen) atoms. The second-order valence-corrected chi connectivity index (χ2v) is 3.55. The molecule has 2 aromatic rings. The fourth-order valence-electron chi connectivity index (χ4n) is 1.66. The quantitative estimate of drug-likeness (QED) is 0.795. The number of aromatic amines is 1. The van der Waals surface area contributed by atoms with Gasteiger partial charge in [-0.3, -0.25) is 0 Å². The van der Waals surface area contributed by atoms with Crippen molar-refractivity contribution in [2.24, 2.45) is 0 Å². The molecule has 0 aliphatic heterocycles. The zero-order valence-corrected chi connectivity index (χ0v) is 8.77. The van der Waals surface area contributed by atoms with Gasteiger partial charge in [-0.15, -0.1) is 0 Å². The van der Waals surface area contributed by atoms with Gasteiger partial charge in [0.25, 0.3) is 0 Å². The molecule has 0 radical (unpaired) electrons. The molecule has 0 spiro atoms. The predicted molar refractivity (Wildman–Crippen MR) is 54.6 cm³/mol. The van der Waals surface area contributed by atoms with E-state index in [9.17, 15) is 13.2 Å². The summed E-state index contributed by atoms with van der Waals surface area (Å²) >= 11 is 0. The molecule has 2 rings (SSSR count). The lowest BCUT2D eigenvalue weighted by atomic mass is 10.1. The molecule has 0 fully saturated rings. The summed E-state index contributed by atoms with van der Waals surface area (Å²) < 4.78 is 42.6. The number of H-pyrrole nitrogens is 1. The maximum atomic E-state index is 12.5. The standard InChI is InChI=1S/C11H10F3NO/c1-6-3-4-8(16-2)10-7(6)5-9(15-10)11(12,13)14/h3-5,15H,1-2H3. The van der Waals surface area contributed by atoms with Crippen LogP contribution in [-0.2, 0) is 6.18 Å². The van der Waals surface area contributed by atoms with E-state index in [4.69, 9.17) is 4.74 Å². The minimum atomic E-state index is -4.36. The highest BCUT2D eigenvalue weighted by Gasteiger charge is 2.33. The topological polar surface area (TPSA) is 25.0 Å². The van der Waals surface area contributed by atoms with Crippen molar-refractivity contribution in [3.8, 4) is 5.75 Å². The number of benzene rings is 1. The van der Waals surface area contributed by atoms with E-state index in [-0.39, 0.29) is 0 Å². The van der Waals surface area contributed by atoms with Crippen LogP contribution in [0.2, 0.25) is 0 Å². The maximum absolute atomic E-state index is 12.5. The van der Waals surface area contributed by atoms with Crippen molar-refractivity contribution < 1.29 is 17.9 Å². The average Bonchev–Trinajstić information content (AvgIpc) is 2.63. The highest BCUT2D eigenvalue weighted by atomic mass is 19.4. The van der Waals surface area contributed by atoms with Gasteiger partial charge in [0.15, 0.2) is 0 Å². The fourth-order valence-corrected chi connectivity index (χ4v) is 1.66. The first kappa shape index (κ1) is 10.9. The second kappa shape index (κ2) is 3.43. The minimum Gasteiger partial charge on any atom is -0.495 e. The van der Waals surface area contributed by atoms with Gasteiger partial charge in [0, 0.05) is 5.39 Å². The normalized spacial score (nSPS) is 12.1. The minimum absolute atomic E-state index is 0.384. The molecule has 0 unspecified atom stereocenters. The molecule has 0 bridgehead atoms. The number of hydrogen-bond acceptors (Lipinski definition) is 1. The lowest BCUT2D eigenvalue weighted by Crippen LogP contribution is -2.04. The Morgan fingerprint density at radius 2 is 1.94 bits per heavy atom. The van der Waals surface area contributed by atoms with Crippen LogP contribution in [0, 0.1) is 6.92 Å². The number of halogens is 3. The van der Waals surface area contributed by atoms with Crippen LogP contribution in [-0.4, -0.2) is 12.1 Å². The predicted octanol–water partition coefficient (Wildman–Crippen LogP) is 3.50. The zero-order valence-electron chi connectivity index (χ0n) is 8.77. The van der Waals surface area contributed by atoms with E-state index < -0.39 is 11.9 Å². The number of aromatic nitrogens is 1. The van der Waals surface area contributed by atoms with Crippen LogP contribution in [0.4, 0.5) is 13.2 Å². The van der Waals surface area contributed by atoms with Crippen LogP contribution in [0.15, 0.2) is 18.2 Å². The summed E-state index contributed by atoms with van der Waals surface area (Å²) in [4.78, 5) is 2.35. The van der Waals surface area contributed by atoms with E-state index in [0.29, 0.717) is 16.7 Å². The largest absolute Gasteiger partial charge is 0.495 e. The smallest absolute Gasteiger partial charge is 0.431 e. The number of hydrogen-bond donors (Lipinski definition) is 1. The third kappa shape index (κ3) is 1.62. The monoisotopic (exact) mass is 229 g/mol. The lowest BCUT2D eigenvalue weighted by molar-refractivity contribution is -0.140. The van der Waals surface area contributed by atoms with Gasteiger partial charge in [0.05, 0.1) is 12.6 Å². The van der Waals surface area contributed by atoms with E-state index in [1.165, 1.54) is 7.11 Å². The summed E-state index contributed by atoms with van der Waals surface area (Å²) in [5.41, 5.74) is 0.410. The Morgan fingerprint density at radius 3 is 2.50 bits per heavy atom. The number of methoxy groups -OCH3 is 1. The van der Waals surface area contributed by atoms with Crippen molar-refractivity contribution >= 4 is 10.9 Å². The molecule has 1 aromatic heterocycles.